The van der Waals surface area contributed by atoms with Crippen LogP contribution in [0.4, 0.5) is 0 Å². The topological polar surface area (TPSA) is 37.4 Å². The van der Waals surface area contributed by atoms with E-state index in [4.69, 9.17) is 0 Å². The molecular weight excluding hydrogens is 334 g/mol. The van der Waals surface area contributed by atoms with Crippen LogP contribution >= 0.6 is 0 Å². The van der Waals surface area contributed by atoms with Gasteiger partial charge in [0.25, 0.3) is 0 Å². The number of amides is 1. The minimum absolute atomic E-state index is 0.0980. The van der Waals surface area contributed by atoms with Gasteiger partial charge >= 0.3 is 0 Å². The Kier molecular flexibility index (Phi) is 4.25. The fourth-order valence-electron chi connectivity index (χ4n) is 7.59. The fourth-order valence-corrected chi connectivity index (χ4v) is 7.59. The summed E-state index contributed by atoms with van der Waals surface area (Å²) in [4.78, 5) is 26.9. The summed E-state index contributed by atoms with van der Waals surface area (Å²) in [5.41, 5.74) is 2.84. The van der Waals surface area contributed by atoms with Crippen LogP contribution in [-0.2, 0) is 9.59 Å². The Morgan fingerprint density at radius 1 is 1.19 bits per heavy atom. The molecule has 0 aliphatic heterocycles. The molecule has 2 fully saturated rings. The molecule has 4 unspecified atom stereocenters. The number of carbonyl (C=O) groups is 2. The summed E-state index contributed by atoms with van der Waals surface area (Å²) in [6.07, 6.45) is 9.56. The average molecular weight is 370 g/mol. The molecular formula is C24H35NO2. The third kappa shape index (κ3) is 2.53. The molecule has 7 atom stereocenters. The summed E-state index contributed by atoms with van der Waals surface area (Å²) in [6, 6.07) is 0. The first-order chi connectivity index (χ1) is 12.6. The molecule has 0 bridgehead atoms. The van der Waals surface area contributed by atoms with Gasteiger partial charge in [-0.25, -0.2) is 0 Å². The molecule has 0 aromatic carbocycles. The zero-order valence-corrected chi connectivity index (χ0v) is 17.8. The van der Waals surface area contributed by atoms with Gasteiger partial charge < -0.3 is 4.90 Å². The molecule has 0 spiro atoms. The fraction of sp³-hybridized carbons (Fsp3) is 0.750. The van der Waals surface area contributed by atoms with Gasteiger partial charge in [0.2, 0.25) is 5.91 Å². The van der Waals surface area contributed by atoms with Gasteiger partial charge in [-0.1, -0.05) is 32.4 Å². The number of carbonyl (C=O) groups excluding carboxylic acids is 2. The third-order valence-electron chi connectivity index (χ3n) is 8.88. The molecule has 4 aliphatic carbocycles. The van der Waals surface area contributed by atoms with Crippen LogP contribution in [0.2, 0.25) is 0 Å². The Hall–Kier alpha value is -1.38. The molecule has 148 valence electrons. The Bertz CT molecular complexity index is 747. The van der Waals surface area contributed by atoms with Crippen molar-refractivity contribution < 1.29 is 9.59 Å². The van der Waals surface area contributed by atoms with Crippen molar-refractivity contribution in [2.45, 2.75) is 59.8 Å². The van der Waals surface area contributed by atoms with Crippen LogP contribution in [-0.4, -0.2) is 30.7 Å². The van der Waals surface area contributed by atoms with Gasteiger partial charge in [0, 0.05) is 26.4 Å². The van der Waals surface area contributed by atoms with Gasteiger partial charge in [0.05, 0.1) is 0 Å². The summed E-state index contributed by atoms with van der Waals surface area (Å²) in [7, 11) is 3.80. The molecule has 0 saturated heterocycles. The highest BCUT2D eigenvalue weighted by molar-refractivity contribution is 5.92. The number of allylic oxidation sites excluding steroid dienone is 4. The second kappa shape index (κ2) is 6.06. The van der Waals surface area contributed by atoms with Gasteiger partial charge in [0.15, 0.2) is 5.78 Å². The second-order valence-corrected chi connectivity index (χ2v) is 10.5. The third-order valence-corrected chi connectivity index (χ3v) is 8.88. The maximum atomic E-state index is 13.0. The van der Waals surface area contributed by atoms with E-state index < -0.39 is 0 Å². The van der Waals surface area contributed by atoms with Crippen molar-refractivity contribution in [2.75, 3.05) is 14.1 Å². The van der Waals surface area contributed by atoms with Gasteiger partial charge in [-0.15, -0.1) is 0 Å². The Morgan fingerprint density at radius 3 is 2.56 bits per heavy atom. The van der Waals surface area contributed by atoms with Crippen molar-refractivity contribution in [1.82, 2.24) is 4.90 Å². The van der Waals surface area contributed by atoms with E-state index in [1.54, 1.807) is 4.90 Å². The van der Waals surface area contributed by atoms with Crippen LogP contribution in [0, 0.1) is 40.4 Å². The maximum absolute atomic E-state index is 13.0. The molecule has 0 heterocycles. The summed E-state index contributed by atoms with van der Waals surface area (Å²) >= 11 is 0. The molecule has 0 radical (unpaired) electrons. The van der Waals surface area contributed by atoms with Crippen molar-refractivity contribution in [3.05, 3.63) is 23.3 Å². The number of hydrogen-bond acceptors (Lipinski definition) is 2. The molecule has 0 aromatic rings. The number of fused-ring (bicyclic) bond motifs is 5. The largest absolute Gasteiger partial charge is 0.349 e. The quantitative estimate of drug-likeness (QED) is 0.675. The van der Waals surface area contributed by atoms with E-state index in [1.807, 2.05) is 20.2 Å². The number of nitrogens with zero attached hydrogens (tertiary/aromatic N) is 1. The van der Waals surface area contributed by atoms with Gasteiger partial charge in [-0.05, 0) is 78.8 Å². The van der Waals surface area contributed by atoms with Gasteiger partial charge in [-0.3, -0.25) is 9.59 Å². The molecule has 3 heteroatoms. The Labute approximate surface area is 164 Å². The lowest BCUT2D eigenvalue weighted by molar-refractivity contribution is -0.140. The van der Waals surface area contributed by atoms with E-state index in [0.29, 0.717) is 41.8 Å². The average Bonchev–Trinajstić information content (AvgIpc) is 2.86. The minimum atomic E-state index is 0.0980. The van der Waals surface area contributed by atoms with E-state index in [1.165, 1.54) is 17.6 Å². The second-order valence-electron chi connectivity index (χ2n) is 10.5. The van der Waals surface area contributed by atoms with E-state index in [2.05, 4.69) is 33.8 Å². The van der Waals surface area contributed by atoms with Crippen LogP contribution in [0.15, 0.2) is 23.3 Å². The first-order valence-electron chi connectivity index (χ1n) is 10.7. The summed E-state index contributed by atoms with van der Waals surface area (Å²) in [5.74, 6) is 2.93. The first kappa shape index (κ1) is 19.0. The van der Waals surface area contributed by atoms with Crippen molar-refractivity contribution in [3.63, 3.8) is 0 Å². The first-order valence-corrected chi connectivity index (χ1v) is 10.7. The smallest absolute Gasteiger partial charge is 0.225 e. The van der Waals surface area contributed by atoms with E-state index in [9.17, 15) is 9.59 Å². The molecule has 4 rings (SSSR count). The lowest BCUT2D eigenvalue weighted by atomic mass is 9.47. The number of hydrogen-bond donors (Lipinski definition) is 0. The Balaban J connectivity index is 1.76. The Morgan fingerprint density at radius 2 is 1.89 bits per heavy atom. The predicted octanol–water partition coefficient (Wildman–Crippen LogP) is 4.63. The molecule has 4 aliphatic rings. The molecule has 2 saturated carbocycles. The zero-order chi connectivity index (χ0) is 19.7. The van der Waals surface area contributed by atoms with Gasteiger partial charge in [-0.2, -0.15) is 0 Å². The summed E-state index contributed by atoms with van der Waals surface area (Å²) in [5, 5.41) is 0. The highest BCUT2D eigenvalue weighted by Crippen LogP contribution is 2.67. The standard InChI is InChI=1S/C24H35NO2/c1-14-11-17-18(23(3)9-7-16(26)13-19(14)23)8-10-24(4)20(17)12-15(2)21(24)22(27)25(5)6/h11,13,15,17-18,20-21H,7-10,12H2,1-6H3/t15?,17?,18?,20?,21-,23-,24+/m1/s1. The predicted molar refractivity (Wildman–Crippen MR) is 108 cm³/mol. The summed E-state index contributed by atoms with van der Waals surface area (Å²) < 4.78 is 0. The lowest BCUT2D eigenvalue weighted by Crippen LogP contribution is -2.51. The minimum Gasteiger partial charge on any atom is -0.349 e. The summed E-state index contributed by atoms with van der Waals surface area (Å²) in [6.45, 7) is 9.29. The van der Waals surface area contributed by atoms with Crippen molar-refractivity contribution in [2.24, 2.45) is 40.4 Å². The molecule has 0 N–H and O–H groups in total. The van der Waals surface area contributed by atoms with Crippen molar-refractivity contribution in [3.8, 4) is 0 Å². The van der Waals surface area contributed by atoms with Crippen LogP contribution in [0.5, 0.6) is 0 Å². The van der Waals surface area contributed by atoms with E-state index in [-0.39, 0.29) is 16.7 Å². The van der Waals surface area contributed by atoms with Crippen molar-refractivity contribution in [1.29, 1.82) is 0 Å². The van der Waals surface area contributed by atoms with Crippen LogP contribution < -0.4 is 0 Å². The van der Waals surface area contributed by atoms with Crippen LogP contribution in [0.3, 0.4) is 0 Å². The van der Waals surface area contributed by atoms with Crippen molar-refractivity contribution >= 4 is 11.7 Å². The van der Waals surface area contributed by atoms with E-state index in [0.717, 1.165) is 19.3 Å². The van der Waals surface area contributed by atoms with Crippen LogP contribution in [0.25, 0.3) is 0 Å². The maximum Gasteiger partial charge on any atom is 0.225 e. The molecule has 0 aromatic heterocycles. The zero-order valence-electron chi connectivity index (χ0n) is 17.8. The molecule has 27 heavy (non-hydrogen) atoms. The molecule has 3 nitrogen and oxygen atoms in total. The SMILES string of the molecule is CC1=CC2C(CC[C@@]3(C)C2CC(C)[C@@H]3C(=O)N(C)C)[C@@]2(C)CCC(=O)C=C12. The van der Waals surface area contributed by atoms with Crippen LogP contribution in [0.1, 0.15) is 59.8 Å². The monoisotopic (exact) mass is 369 g/mol. The van der Waals surface area contributed by atoms with Gasteiger partial charge in [0.1, 0.15) is 0 Å². The molecule has 1 amide bonds. The highest BCUT2D eigenvalue weighted by Gasteiger charge is 2.61. The number of ketones is 1. The number of rotatable bonds is 1. The lowest BCUT2D eigenvalue weighted by Gasteiger charge is -2.56. The normalized spacial score (nSPS) is 46.0. The van der Waals surface area contributed by atoms with E-state index >= 15 is 0 Å². The highest BCUT2D eigenvalue weighted by atomic mass is 16.2.